The number of nitrogens with zero attached hydrogens (tertiary/aromatic N) is 1. The van der Waals surface area contributed by atoms with Crippen molar-refractivity contribution in [3.8, 4) is 11.3 Å². The van der Waals surface area contributed by atoms with Gasteiger partial charge in [-0.25, -0.2) is 0 Å². The number of amides is 1. The van der Waals surface area contributed by atoms with Crippen molar-refractivity contribution in [1.29, 1.82) is 0 Å². The molecule has 1 N–H and O–H groups in total. The van der Waals surface area contributed by atoms with E-state index in [4.69, 9.17) is 0 Å². The Kier molecular flexibility index (Phi) is 4.26. The fourth-order valence-corrected chi connectivity index (χ4v) is 1.74. The van der Waals surface area contributed by atoms with E-state index >= 15 is 0 Å². The number of hydrogen-bond donors (Lipinski definition) is 1. The number of aromatic nitrogens is 1. The predicted molar refractivity (Wildman–Crippen MR) is 73.6 cm³/mol. The van der Waals surface area contributed by atoms with Gasteiger partial charge in [-0.2, -0.15) is 13.2 Å². The number of carbonyl (C=O) groups excluding carboxylic acids is 1. The van der Waals surface area contributed by atoms with E-state index in [-0.39, 0.29) is 5.91 Å². The van der Waals surface area contributed by atoms with Gasteiger partial charge in [0.05, 0.1) is 23.1 Å². The van der Waals surface area contributed by atoms with Crippen molar-refractivity contribution in [2.45, 2.75) is 19.5 Å². The minimum absolute atomic E-state index is 0.149. The zero-order valence-corrected chi connectivity index (χ0v) is 11.2. The molecule has 0 unspecified atom stereocenters. The first-order valence-corrected chi connectivity index (χ1v) is 6.33. The van der Waals surface area contributed by atoms with Gasteiger partial charge in [-0.1, -0.05) is 19.1 Å². The van der Waals surface area contributed by atoms with Crippen LogP contribution in [0.15, 0.2) is 42.6 Å². The normalized spacial score (nSPS) is 11.2. The van der Waals surface area contributed by atoms with Crippen LogP contribution in [0.3, 0.4) is 0 Å². The van der Waals surface area contributed by atoms with Crippen LogP contribution in [-0.4, -0.2) is 10.9 Å². The summed E-state index contributed by atoms with van der Waals surface area (Å²) in [7, 11) is 0. The molecule has 6 heteroatoms. The number of anilines is 1. The van der Waals surface area contributed by atoms with Gasteiger partial charge in [0.1, 0.15) is 0 Å². The molecule has 0 bridgehead atoms. The van der Waals surface area contributed by atoms with Gasteiger partial charge < -0.3 is 5.32 Å². The standard InChI is InChI=1S/C15H13F3N2O/c1-2-14(21)20-12-6-7-13(19-9-12)10-4-3-5-11(8-10)15(16,17)18/h3-9H,2H2,1H3,(H,20,21). The third-order valence-corrected chi connectivity index (χ3v) is 2.85. The van der Waals surface area contributed by atoms with Crippen molar-refractivity contribution in [3.63, 3.8) is 0 Å². The first-order chi connectivity index (χ1) is 9.90. The molecule has 0 atom stereocenters. The monoisotopic (exact) mass is 294 g/mol. The second kappa shape index (κ2) is 5.95. The van der Waals surface area contributed by atoms with Gasteiger partial charge in [0, 0.05) is 12.0 Å². The molecule has 2 rings (SSSR count). The summed E-state index contributed by atoms with van der Waals surface area (Å²) in [5, 5.41) is 2.62. The summed E-state index contributed by atoms with van der Waals surface area (Å²) in [6, 6.07) is 8.14. The maximum absolute atomic E-state index is 12.7. The zero-order chi connectivity index (χ0) is 15.5. The second-order valence-corrected chi connectivity index (χ2v) is 4.41. The molecule has 1 amide bonds. The molecule has 1 aromatic heterocycles. The van der Waals surface area contributed by atoms with E-state index in [0.29, 0.717) is 23.4 Å². The first kappa shape index (κ1) is 15.0. The van der Waals surface area contributed by atoms with Gasteiger partial charge in [0.25, 0.3) is 0 Å². The molecule has 21 heavy (non-hydrogen) atoms. The van der Waals surface area contributed by atoms with Gasteiger partial charge in [-0.05, 0) is 24.3 Å². The topological polar surface area (TPSA) is 42.0 Å². The molecule has 0 saturated heterocycles. The Morgan fingerprint density at radius 1 is 1.24 bits per heavy atom. The van der Waals surface area contributed by atoms with E-state index in [9.17, 15) is 18.0 Å². The zero-order valence-electron chi connectivity index (χ0n) is 11.2. The maximum atomic E-state index is 12.7. The van der Waals surface area contributed by atoms with Crippen molar-refractivity contribution in [2.75, 3.05) is 5.32 Å². The average molecular weight is 294 g/mol. The van der Waals surface area contributed by atoms with Crippen LogP contribution >= 0.6 is 0 Å². The maximum Gasteiger partial charge on any atom is 0.416 e. The summed E-state index contributed by atoms with van der Waals surface area (Å²) in [4.78, 5) is 15.3. The second-order valence-electron chi connectivity index (χ2n) is 4.41. The third-order valence-electron chi connectivity index (χ3n) is 2.85. The quantitative estimate of drug-likeness (QED) is 0.925. The lowest BCUT2D eigenvalue weighted by Gasteiger charge is -2.09. The van der Waals surface area contributed by atoms with Gasteiger partial charge in [0.15, 0.2) is 0 Å². The molecular formula is C15H13F3N2O. The molecule has 1 aromatic carbocycles. The van der Waals surface area contributed by atoms with Crippen LogP contribution in [0.5, 0.6) is 0 Å². The fraction of sp³-hybridized carbons (Fsp3) is 0.200. The molecular weight excluding hydrogens is 281 g/mol. The fourth-order valence-electron chi connectivity index (χ4n) is 1.74. The van der Waals surface area contributed by atoms with E-state index in [1.54, 1.807) is 25.1 Å². The largest absolute Gasteiger partial charge is 0.416 e. The van der Waals surface area contributed by atoms with E-state index in [1.807, 2.05) is 0 Å². The van der Waals surface area contributed by atoms with Crippen molar-refractivity contribution in [1.82, 2.24) is 4.98 Å². The number of pyridine rings is 1. The molecule has 0 radical (unpaired) electrons. The molecule has 0 aliphatic rings. The lowest BCUT2D eigenvalue weighted by molar-refractivity contribution is -0.137. The highest BCUT2D eigenvalue weighted by atomic mass is 19.4. The van der Waals surface area contributed by atoms with Crippen molar-refractivity contribution < 1.29 is 18.0 Å². The van der Waals surface area contributed by atoms with Gasteiger partial charge >= 0.3 is 6.18 Å². The molecule has 0 fully saturated rings. The summed E-state index contributed by atoms with van der Waals surface area (Å²) >= 11 is 0. The number of nitrogens with one attached hydrogen (secondary N) is 1. The van der Waals surface area contributed by atoms with Gasteiger partial charge in [0.2, 0.25) is 5.91 Å². The summed E-state index contributed by atoms with van der Waals surface area (Å²) < 4.78 is 38.0. The summed E-state index contributed by atoms with van der Waals surface area (Å²) in [6.45, 7) is 1.72. The number of benzene rings is 1. The highest BCUT2D eigenvalue weighted by molar-refractivity contribution is 5.90. The third kappa shape index (κ3) is 3.81. The number of carbonyl (C=O) groups is 1. The molecule has 0 spiro atoms. The molecule has 0 saturated carbocycles. The van der Waals surface area contributed by atoms with E-state index < -0.39 is 11.7 Å². The van der Waals surface area contributed by atoms with Gasteiger partial charge in [-0.3, -0.25) is 9.78 Å². The van der Waals surface area contributed by atoms with Crippen LogP contribution in [0, 0.1) is 0 Å². The Bertz CT molecular complexity index is 636. The van der Waals surface area contributed by atoms with Crippen LogP contribution < -0.4 is 5.32 Å². The Morgan fingerprint density at radius 2 is 2.00 bits per heavy atom. The van der Waals surface area contributed by atoms with Crippen molar-refractivity contribution in [2.24, 2.45) is 0 Å². The number of rotatable bonds is 3. The minimum atomic E-state index is -4.38. The van der Waals surface area contributed by atoms with E-state index in [0.717, 1.165) is 12.1 Å². The van der Waals surface area contributed by atoms with Gasteiger partial charge in [-0.15, -0.1) is 0 Å². The van der Waals surface area contributed by atoms with Crippen LogP contribution in [0.25, 0.3) is 11.3 Å². The Labute approximate surface area is 119 Å². The number of hydrogen-bond acceptors (Lipinski definition) is 2. The minimum Gasteiger partial charge on any atom is -0.325 e. The summed E-state index contributed by atoms with van der Waals surface area (Å²) in [6.07, 6.45) is -2.62. The Balaban J connectivity index is 2.25. The molecule has 0 aliphatic carbocycles. The molecule has 1 heterocycles. The van der Waals surface area contributed by atoms with Crippen molar-refractivity contribution >= 4 is 11.6 Å². The van der Waals surface area contributed by atoms with Crippen LogP contribution in [0.1, 0.15) is 18.9 Å². The highest BCUT2D eigenvalue weighted by Crippen LogP contribution is 2.31. The number of halogens is 3. The first-order valence-electron chi connectivity index (χ1n) is 6.33. The number of alkyl halides is 3. The van der Waals surface area contributed by atoms with E-state index in [2.05, 4.69) is 10.3 Å². The molecule has 2 aromatic rings. The summed E-state index contributed by atoms with van der Waals surface area (Å²) in [5.74, 6) is -0.149. The van der Waals surface area contributed by atoms with Crippen molar-refractivity contribution in [3.05, 3.63) is 48.2 Å². The lowest BCUT2D eigenvalue weighted by Crippen LogP contribution is -2.09. The highest BCUT2D eigenvalue weighted by Gasteiger charge is 2.30. The van der Waals surface area contributed by atoms with E-state index in [1.165, 1.54) is 12.3 Å². The smallest absolute Gasteiger partial charge is 0.325 e. The molecule has 0 aliphatic heterocycles. The van der Waals surface area contributed by atoms with Crippen LogP contribution in [0.4, 0.5) is 18.9 Å². The lowest BCUT2D eigenvalue weighted by atomic mass is 10.1. The SMILES string of the molecule is CCC(=O)Nc1ccc(-c2cccc(C(F)(F)F)c2)nc1. The van der Waals surface area contributed by atoms with Crippen LogP contribution in [0.2, 0.25) is 0 Å². The average Bonchev–Trinajstić information content (AvgIpc) is 2.47. The predicted octanol–water partition coefficient (Wildman–Crippen LogP) is 4.12. The molecule has 3 nitrogen and oxygen atoms in total. The Hall–Kier alpha value is -2.37. The molecule has 110 valence electrons. The Morgan fingerprint density at radius 3 is 2.57 bits per heavy atom. The van der Waals surface area contributed by atoms with Crippen LogP contribution in [-0.2, 0) is 11.0 Å². The summed E-state index contributed by atoms with van der Waals surface area (Å²) in [5.41, 5.74) is 0.580.